The van der Waals surface area contributed by atoms with E-state index in [2.05, 4.69) is 0 Å². The van der Waals surface area contributed by atoms with Crippen molar-refractivity contribution in [1.82, 2.24) is 4.57 Å². The van der Waals surface area contributed by atoms with Crippen molar-refractivity contribution in [3.8, 4) is 5.69 Å². The number of hydrogen-bond acceptors (Lipinski definition) is 0. The van der Waals surface area contributed by atoms with Crippen molar-refractivity contribution in [2.45, 2.75) is 13.8 Å². The van der Waals surface area contributed by atoms with E-state index >= 15 is 0 Å². The molecule has 1 nitrogen and oxygen atoms in total. The van der Waals surface area contributed by atoms with Gasteiger partial charge in [-0.2, -0.15) is 0 Å². The number of rotatable bonds is 1. The first kappa shape index (κ1) is 13.0. The Morgan fingerprint density at radius 2 is 1.22 bits per heavy atom. The Balaban J connectivity index is 2.79. The molecular formula is C12H8ClF4N. The maximum absolute atomic E-state index is 13.6. The average Bonchev–Trinajstić information content (AvgIpc) is 2.64. The predicted octanol–water partition coefficient (Wildman–Crippen LogP) is 4.30. The molecule has 1 aromatic carbocycles. The lowest BCUT2D eigenvalue weighted by Gasteiger charge is -2.09. The van der Waals surface area contributed by atoms with Crippen LogP contribution in [0.3, 0.4) is 0 Å². The maximum Gasteiger partial charge on any atom is 0.187 e. The van der Waals surface area contributed by atoms with Gasteiger partial charge in [-0.15, -0.1) is 0 Å². The lowest BCUT2D eigenvalue weighted by Crippen LogP contribution is -2.06. The number of aromatic nitrogens is 1. The van der Waals surface area contributed by atoms with Crippen LogP contribution in [0.1, 0.15) is 11.1 Å². The van der Waals surface area contributed by atoms with Crippen LogP contribution in [0.2, 0.25) is 5.02 Å². The fourth-order valence-corrected chi connectivity index (χ4v) is 1.77. The zero-order valence-corrected chi connectivity index (χ0v) is 10.2. The van der Waals surface area contributed by atoms with Crippen LogP contribution in [0.25, 0.3) is 5.69 Å². The number of nitrogens with zero attached hydrogens (tertiary/aromatic N) is 1. The van der Waals surface area contributed by atoms with E-state index in [1.54, 1.807) is 13.8 Å². The summed E-state index contributed by atoms with van der Waals surface area (Å²) < 4.78 is 54.9. The fourth-order valence-electron chi connectivity index (χ4n) is 1.61. The van der Waals surface area contributed by atoms with Crippen molar-refractivity contribution in [2.24, 2.45) is 0 Å². The molecule has 0 amide bonds. The maximum atomic E-state index is 13.6. The minimum Gasteiger partial charge on any atom is -0.318 e. The van der Waals surface area contributed by atoms with E-state index in [1.807, 2.05) is 0 Å². The third-order valence-electron chi connectivity index (χ3n) is 2.73. The van der Waals surface area contributed by atoms with Gasteiger partial charge in [-0.05, 0) is 25.0 Å². The molecule has 18 heavy (non-hydrogen) atoms. The Morgan fingerprint density at radius 3 is 1.61 bits per heavy atom. The summed E-state index contributed by atoms with van der Waals surface area (Å²) in [7, 11) is 0. The Bertz CT molecular complexity index is 585. The summed E-state index contributed by atoms with van der Waals surface area (Å²) in [5, 5.41) is -1.19. The number of benzene rings is 1. The Labute approximate surface area is 106 Å². The van der Waals surface area contributed by atoms with Gasteiger partial charge < -0.3 is 4.57 Å². The quantitative estimate of drug-likeness (QED) is 0.416. The molecule has 0 N–H and O–H groups in total. The van der Waals surface area contributed by atoms with Crippen LogP contribution in [0.4, 0.5) is 17.6 Å². The van der Waals surface area contributed by atoms with Crippen molar-refractivity contribution in [3.63, 3.8) is 0 Å². The zero-order chi connectivity index (χ0) is 13.6. The lowest BCUT2D eigenvalue weighted by molar-refractivity contribution is 0.448. The highest BCUT2D eigenvalue weighted by Gasteiger charge is 2.25. The first-order chi connectivity index (χ1) is 8.34. The molecule has 0 aliphatic heterocycles. The second-order valence-electron chi connectivity index (χ2n) is 3.95. The van der Waals surface area contributed by atoms with Crippen molar-refractivity contribution >= 4 is 11.6 Å². The average molecular weight is 278 g/mol. The minimum atomic E-state index is -1.60. The van der Waals surface area contributed by atoms with Gasteiger partial charge in [0.15, 0.2) is 23.3 Å². The molecule has 2 rings (SSSR count). The van der Waals surface area contributed by atoms with E-state index in [0.29, 0.717) is 0 Å². The second-order valence-corrected chi connectivity index (χ2v) is 4.33. The number of aryl methyl sites for hydroxylation is 2. The molecule has 0 spiro atoms. The first-order valence-electron chi connectivity index (χ1n) is 5.01. The van der Waals surface area contributed by atoms with Crippen LogP contribution in [0.5, 0.6) is 0 Å². The molecule has 0 aliphatic rings. The van der Waals surface area contributed by atoms with E-state index in [-0.39, 0.29) is 0 Å². The molecule has 0 unspecified atom stereocenters. The smallest absolute Gasteiger partial charge is 0.187 e. The van der Waals surface area contributed by atoms with Crippen molar-refractivity contribution in [1.29, 1.82) is 0 Å². The summed E-state index contributed by atoms with van der Waals surface area (Å²) in [6, 6.07) is 0. The molecular weight excluding hydrogens is 270 g/mol. The largest absolute Gasteiger partial charge is 0.318 e. The Morgan fingerprint density at radius 1 is 0.833 bits per heavy atom. The van der Waals surface area contributed by atoms with E-state index in [0.717, 1.165) is 15.7 Å². The highest BCUT2D eigenvalue weighted by molar-refractivity contribution is 6.31. The normalized spacial score (nSPS) is 11.1. The second kappa shape index (κ2) is 4.31. The van der Waals surface area contributed by atoms with E-state index in [1.165, 1.54) is 12.4 Å². The van der Waals surface area contributed by atoms with Gasteiger partial charge in [-0.25, -0.2) is 17.6 Å². The minimum absolute atomic E-state index is 0.740. The van der Waals surface area contributed by atoms with Crippen molar-refractivity contribution < 1.29 is 17.6 Å². The summed E-state index contributed by atoms with van der Waals surface area (Å²) in [6.45, 7) is 3.43. The third kappa shape index (κ3) is 1.79. The van der Waals surface area contributed by atoms with Gasteiger partial charge in [0.1, 0.15) is 10.7 Å². The number of halogens is 5. The molecule has 2 aromatic rings. The van der Waals surface area contributed by atoms with Gasteiger partial charge in [-0.3, -0.25) is 0 Å². The molecule has 0 fully saturated rings. The molecule has 96 valence electrons. The van der Waals surface area contributed by atoms with Crippen LogP contribution >= 0.6 is 11.6 Å². The Hall–Kier alpha value is -1.49. The Kier molecular flexibility index (Phi) is 3.11. The SMILES string of the molecule is Cc1cn(-c2c(F)c(F)c(Cl)c(F)c2F)cc1C. The van der Waals surface area contributed by atoms with Gasteiger partial charge in [0, 0.05) is 12.4 Å². The van der Waals surface area contributed by atoms with E-state index in [4.69, 9.17) is 11.6 Å². The molecule has 6 heteroatoms. The molecule has 0 saturated heterocycles. The molecule has 0 saturated carbocycles. The monoisotopic (exact) mass is 277 g/mol. The molecule has 0 aliphatic carbocycles. The molecule has 0 atom stereocenters. The fraction of sp³-hybridized carbons (Fsp3) is 0.167. The summed E-state index contributed by atoms with van der Waals surface area (Å²) in [4.78, 5) is 0. The first-order valence-corrected chi connectivity index (χ1v) is 5.39. The van der Waals surface area contributed by atoms with Crippen LogP contribution < -0.4 is 0 Å². The predicted molar refractivity (Wildman–Crippen MR) is 60.1 cm³/mol. The van der Waals surface area contributed by atoms with Crippen molar-refractivity contribution in [3.05, 3.63) is 51.8 Å². The summed E-state index contributed by atoms with van der Waals surface area (Å²) in [6.07, 6.45) is 2.76. The van der Waals surface area contributed by atoms with Crippen LogP contribution in [-0.2, 0) is 0 Å². The summed E-state index contributed by atoms with van der Waals surface area (Å²) in [5.41, 5.74) is 0.666. The highest BCUT2D eigenvalue weighted by atomic mass is 35.5. The molecule has 1 heterocycles. The zero-order valence-electron chi connectivity index (χ0n) is 9.49. The van der Waals surface area contributed by atoms with Crippen LogP contribution in [0.15, 0.2) is 12.4 Å². The van der Waals surface area contributed by atoms with Crippen LogP contribution in [0, 0.1) is 37.1 Å². The van der Waals surface area contributed by atoms with Gasteiger partial charge in [0.25, 0.3) is 0 Å². The van der Waals surface area contributed by atoms with Gasteiger partial charge in [0.05, 0.1) is 0 Å². The lowest BCUT2D eigenvalue weighted by atomic mass is 10.2. The highest BCUT2D eigenvalue weighted by Crippen LogP contribution is 2.30. The van der Waals surface area contributed by atoms with E-state index in [9.17, 15) is 17.6 Å². The topological polar surface area (TPSA) is 4.93 Å². The third-order valence-corrected chi connectivity index (χ3v) is 3.06. The van der Waals surface area contributed by atoms with Crippen molar-refractivity contribution in [2.75, 3.05) is 0 Å². The van der Waals surface area contributed by atoms with Gasteiger partial charge in [0.2, 0.25) is 0 Å². The standard InChI is InChI=1S/C12H8ClF4N/c1-5-3-18(4-6(5)2)12-10(16)8(14)7(13)9(15)11(12)17/h3-4H,1-2H3. The molecule has 0 radical (unpaired) electrons. The van der Waals surface area contributed by atoms with E-state index < -0.39 is 34.0 Å². The molecule has 1 aromatic heterocycles. The van der Waals surface area contributed by atoms with Gasteiger partial charge >= 0.3 is 0 Å². The van der Waals surface area contributed by atoms with Crippen LogP contribution in [-0.4, -0.2) is 4.57 Å². The number of hydrogen-bond donors (Lipinski definition) is 0. The molecule has 0 bridgehead atoms. The summed E-state index contributed by atoms with van der Waals surface area (Å²) in [5.74, 6) is -6.24. The summed E-state index contributed by atoms with van der Waals surface area (Å²) >= 11 is 5.14. The van der Waals surface area contributed by atoms with Gasteiger partial charge in [-0.1, -0.05) is 11.6 Å².